The molecular weight excluding hydrogens is 354 g/mol. The van der Waals surface area contributed by atoms with Crippen LogP contribution in [0.4, 0.5) is 8.78 Å². The lowest BCUT2D eigenvalue weighted by Crippen LogP contribution is -2.24. The second-order valence-electron chi connectivity index (χ2n) is 8.77. The van der Waals surface area contributed by atoms with Gasteiger partial charge in [-0.25, -0.2) is 8.78 Å². The molecule has 0 N–H and O–H groups in total. The predicted molar refractivity (Wildman–Crippen MR) is 112 cm³/mol. The molecule has 1 nitrogen and oxygen atoms in total. The van der Waals surface area contributed by atoms with Crippen LogP contribution in [0.1, 0.15) is 88.7 Å². The lowest BCUT2D eigenvalue weighted by atomic mass is 9.78. The van der Waals surface area contributed by atoms with Crippen molar-refractivity contribution in [1.82, 2.24) is 0 Å². The van der Waals surface area contributed by atoms with Gasteiger partial charge < -0.3 is 4.74 Å². The average molecular weight is 391 g/mol. The van der Waals surface area contributed by atoms with Gasteiger partial charge in [0.25, 0.3) is 0 Å². The van der Waals surface area contributed by atoms with Crippen molar-refractivity contribution in [3.8, 4) is 0 Å². The van der Waals surface area contributed by atoms with Gasteiger partial charge in [-0.3, -0.25) is 0 Å². The monoisotopic (exact) mass is 390 g/mol. The summed E-state index contributed by atoms with van der Waals surface area (Å²) in [5.74, 6) is 0.0361. The van der Waals surface area contributed by atoms with E-state index in [1.807, 2.05) is 13.0 Å². The molecule has 2 unspecified atom stereocenters. The topological polar surface area (TPSA) is 9.23 Å². The summed E-state index contributed by atoms with van der Waals surface area (Å²) >= 11 is 0. The molecule has 3 rings (SSSR count). The Hall–Kier alpha value is -1.22. The number of aryl methyl sites for hydroxylation is 1. The molecule has 156 valence electrons. The maximum Gasteiger partial charge on any atom is 0.162 e. The van der Waals surface area contributed by atoms with Gasteiger partial charge in [0.1, 0.15) is 0 Å². The van der Waals surface area contributed by atoms with E-state index < -0.39 is 11.6 Å². The number of halogens is 2. The average Bonchev–Trinajstić information content (AvgIpc) is 2.72. The van der Waals surface area contributed by atoms with E-state index in [0.717, 1.165) is 38.7 Å². The third-order valence-electron chi connectivity index (χ3n) is 6.59. The van der Waals surface area contributed by atoms with Crippen molar-refractivity contribution in [3.05, 3.63) is 47.0 Å². The maximum atomic E-state index is 14.5. The number of rotatable bonds is 7. The van der Waals surface area contributed by atoms with E-state index in [0.29, 0.717) is 35.5 Å². The largest absolute Gasteiger partial charge is 0.378 e. The minimum atomic E-state index is -0.625. The number of allylic oxidation sites excluding steroid dienone is 1. The summed E-state index contributed by atoms with van der Waals surface area (Å²) in [7, 11) is 0. The van der Waals surface area contributed by atoms with Crippen LogP contribution in [0.5, 0.6) is 0 Å². The smallest absolute Gasteiger partial charge is 0.162 e. The summed E-state index contributed by atoms with van der Waals surface area (Å²) in [6.07, 6.45) is 15.4. The Balaban J connectivity index is 1.49. The molecule has 1 aromatic carbocycles. The zero-order valence-electron chi connectivity index (χ0n) is 17.6. The fourth-order valence-corrected chi connectivity index (χ4v) is 4.85. The molecule has 0 radical (unpaired) electrons. The number of ether oxygens (including phenoxy) is 1. The molecule has 28 heavy (non-hydrogen) atoms. The molecule has 0 spiro atoms. The minimum absolute atomic E-state index is 0.155. The molecule has 1 aromatic rings. The van der Waals surface area contributed by atoms with Crippen LogP contribution in [0.2, 0.25) is 0 Å². The second kappa shape index (κ2) is 10.5. The highest BCUT2D eigenvalue weighted by atomic mass is 19.2. The second-order valence-corrected chi connectivity index (χ2v) is 8.77. The van der Waals surface area contributed by atoms with Crippen molar-refractivity contribution >= 4 is 0 Å². The summed E-state index contributed by atoms with van der Waals surface area (Å²) in [5.41, 5.74) is 1.10. The van der Waals surface area contributed by atoms with Crippen LogP contribution in [0, 0.1) is 23.5 Å². The van der Waals surface area contributed by atoms with Crippen molar-refractivity contribution in [2.45, 2.75) is 90.1 Å². The van der Waals surface area contributed by atoms with Crippen molar-refractivity contribution in [1.29, 1.82) is 0 Å². The summed E-state index contributed by atoms with van der Waals surface area (Å²) in [4.78, 5) is 0. The van der Waals surface area contributed by atoms with Crippen LogP contribution in [0.15, 0.2) is 24.3 Å². The molecule has 1 aliphatic carbocycles. The van der Waals surface area contributed by atoms with Crippen molar-refractivity contribution < 1.29 is 13.5 Å². The Labute approximate surface area is 169 Å². The Morgan fingerprint density at radius 1 is 0.893 bits per heavy atom. The molecule has 0 aromatic heterocycles. The van der Waals surface area contributed by atoms with Crippen LogP contribution < -0.4 is 0 Å². The van der Waals surface area contributed by atoms with Gasteiger partial charge in [-0.1, -0.05) is 51.0 Å². The Morgan fingerprint density at radius 3 is 2.25 bits per heavy atom. The predicted octanol–water partition coefficient (Wildman–Crippen LogP) is 7.34. The lowest BCUT2D eigenvalue weighted by molar-refractivity contribution is -0.00852. The van der Waals surface area contributed by atoms with Gasteiger partial charge in [0.15, 0.2) is 11.6 Å². The van der Waals surface area contributed by atoms with Gasteiger partial charge >= 0.3 is 0 Å². The summed E-state index contributed by atoms with van der Waals surface area (Å²) in [6.45, 7) is 5.06. The zero-order chi connectivity index (χ0) is 19.9. The Morgan fingerprint density at radius 2 is 1.61 bits per heavy atom. The summed E-state index contributed by atoms with van der Waals surface area (Å²) in [6, 6.07) is 3.62. The first-order chi connectivity index (χ1) is 13.6. The maximum absolute atomic E-state index is 14.5. The summed E-state index contributed by atoms with van der Waals surface area (Å²) in [5, 5.41) is 0. The standard InChI is InChI=1S/C25H36F2O/c1-3-5-21-14-16-23(25(27)24(21)26)20-12-9-18(10-13-20)7-8-19-11-15-22(6-4-2)28-17-19/h7-8,14,16,18-20,22H,3-6,9-13,15,17H2,1-2H3. The van der Waals surface area contributed by atoms with Crippen molar-refractivity contribution in [2.75, 3.05) is 6.61 Å². The minimum Gasteiger partial charge on any atom is -0.378 e. The highest BCUT2D eigenvalue weighted by Crippen LogP contribution is 2.38. The van der Waals surface area contributed by atoms with Gasteiger partial charge in [-0.2, -0.15) is 0 Å². The summed E-state index contributed by atoms with van der Waals surface area (Å²) < 4.78 is 34.8. The third-order valence-corrected chi connectivity index (χ3v) is 6.59. The van der Waals surface area contributed by atoms with E-state index in [1.54, 1.807) is 6.07 Å². The van der Waals surface area contributed by atoms with E-state index in [-0.39, 0.29) is 5.92 Å². The normalized spacial score (nSPS) is 28.7. The molecule has 1 heterocycles. The molecule has 2 atom stereocenters. The van der Waals surface area contributed by atoms with Gasteiger partial charge in [-0.15, -0.1) is 0 Å². The lowest BCUT2D eigenvalue weighted by Gasteiger charge is -2.29. The molecule has 1 saturated carbocycles. The molecule has 1 saturated heterocycles. The number of benzene rings is 1. The van der Waals surface area contributed by atoms with Crippen LogP contribution in [0.25, 0.3) is 0 Å². The van der Waals surface area contributed by atoms with E-state index in [1.165, 1.54) is 25.7 Å². The first kappa shape index (κ1) is 21.5. The fraction of sp³-hybridized carbons (Fsp3) is 0.680. The third kappa shape index (κ3) is 5.43. The van der Waals surface area contributed by atoms with Gasteiger partial charge in [-0.05, 0) is 74.3 Å². The number of hydrogen-bond acceptors (Lipinski definition) is 1. The van der Waals surface area contributed by atoms with Crippen molar-refractivity contribution in [2.24, 2.45) is 11.8 Å². The number of hydrogen-bond donors (Lipinski definition) is 0. The Bertz CT molecular complexity index is 638. The van der Waals surface area contributed by atoms with Crippen LogP contribution >= 0.6 is 0 Å². The van der Waals surface area contributed by atoms with E-state index in [9.17, 15) is 8.78 Å². The van der Waals surface area contributed by atoms with E-state index in [2.05, 4.69) is 19.1 Å². The molecule has 1 aliphatic heterocycles. The molecule has 3 heteroatoms. The van der Waals surface area contributed by atoms with Crippen LogP contribution in [-0.2, 0) is 11.2 Å². The van der Waals surface area contributed by atoms with Gasteiger partial charge in [0, 0.05) is 5.92 Å². The van der Waals surface area contributed by atoms with Crippen molar-refractivity contribution in [3.63, 3.8) is 0 Å². The van der Waals surface area contributed by atoms with Crippen LogP contribution in [-0.4, -0.2) is 12.7 Å². The fourth-order valence-electron chi connectivity index (χ4n) is 4.85. The van der Waals surface area contributed by atoms with Gasteiger partial charge in [0.05, 0.1) is 12.7 Å². The molecule has 0 bridgehead atoms. The highest BCUT2D eigenvalue weighted by Gasteiger charge is 2.26. The first-order valence-corrected chi connectivity index (χ1v) is 11.4. The zero-order valence-corrected chi connectivity index (χ0v) is 17.6. The SMILES string of the molecule is CCCc1ccc(C2CCC(C=CC3CCC(CCC)OC3)CC2)c(F)c1F. The molecule has 0 amide bonds. The van der Waals surface area contributed by atoms with E-state index >= 15 is 0 Å². The van der Waals surface area contributed by atoms with Crippen LogP contribution in [0.3, 0.4) is 0 Å². The quantitative estimate of drug-likeness (QED) is 0.442. The van der Waals surface area contributed by atoms with Gasteiger partial charge in [0.2, 0.25) is 0 Å². The first-order valence-electron chi connectivity index (χ1n) is 11.4. The highest BCUT2D eigenvalue weighted by molar-refractivity contribution is 5.29. The Kier molecular flexibility index (Phi) is 8.08. The molecule has 2 aliphatic rings. The molecular formula is C25H36F2O. The molecule has 2 fully saturated rings. The van der Waals surface area contributed by atoms with E-state index in [4.69, 9.17) is 4.74 Å².